The third-order valence-corrected chi connectivity index (χ3v) is 6.31. The molecule has 0 amide bonds. The van der Waals surface area contributed by atoms with Crippen LogP contribution in [0.3, 0.4) is 0 Å². The van der Waals surface area contributed by atoms with Crippen molar-refractivity contribution >= 4 is 33.3 Å². The molecule has 3 aromatic rings. The highest BCUT2D eigenvalue weighted by Gasteiger charge is 2.21. The summed E-state index contributed by atoms with van der Waals surface area (Å²) in [6.45, 7) is 3.85. The highest BCUT2D eigenvalue weighted by Crippen LogP contribution is 2.40. The Morgan fingerprint density at radius 1 is 1.13 bits per heavy atom. The first kappa shape index (κ1) is 14.9. The van der Waals surface area contributed by atoms with Crippen LogP contribution in [-0.2, 0) is 12.8 Å². The van der Waals surface area contributed by atoms with Gasteiger partial charge >= 0.3 is 0 Å². The zero-order chi connectivity index (χ0) is 15.6. The Hall–Kier alpha value is -1.65. The maximum atomic E-state index is 4.90. The van der Waals surface area contributed by atoms with Gasteiger partial charge in [0.05, 0.1) is 0 Å². The van der Waals surface area contributed by atoms with Gasteiger partial charge in [-0.3, -0.25) is 0 Å². The molecule has 116 valence electrons. The van der Waals surface area contributed by atoms with Crippen LogP contribution in [-0.4, -0.2) is 15.7 Å². The molecule has 2 aromatic heterocycles. The van der Waals surface area contributed by atoms with Crippen molar-refractivity contribution in [1.29, 1.82) is 0 Å². The summed E-state index contributed by atoms with van der Waals surface area (Å²) in [5.74, 6) is 1.72. The maximum absolute atomic E-state index is 4.90. The molecule has 0 N–H and O–H groups in total. The molecule has 2 nitrogen and oxygen atoms in total. The zero-order valence-corrected chi connectivity index (χ0v) is 14.6. The van der Waals surface area contributed by atoms with Crippen molar-refractivity contribution in [2.45, 2.75) is 30.7 Å². The van der Waals surface area contributed by atoms with Crippen molar-refractivity contribution in [3.05, 3.63) is 53.4 Å². The van der Waals surface area contributed by atoms with E-state index in [1.165, 1.54) is 41.5 Å². The van der Waals surface area contributed by atoms with Crippen LogP contribution in [0.1, 0.15) is 23.3 Å². The molecule has 4 rings (SSSR count). The molecule has 0 fully saturated rings. The number of rotatable bonds is 4. The lowest BCUT2D eigenvalue weighted by Gasteiger charge is -2.11. The highest BCUT2D eigenvalue weighted by atomic mass is 32.2. The highest BCUT2D eigenvalue weighted by molar-refractivity contribution is 7.99. The molecule has 2 heterocycles. The van der Waals surface area contributed by atoms with Gasteiger partial charge in [-0.2, -0.15) is 0 Å². The lowest BCUT2D eigenvalue weighted by molar-refractivity contribution is 0.699. The Morgan fingerprint density at radius 3 is 2.78 bits per heavy atom. The Balaban J connectivity index is 1.92. The molecule has 0 bridgehead atoms. The molecule has 0 atom stereocenters. The number of benzene rings is 1. The number of aryl methyl sites for hydroxylation is 2. The molecule has 1 aromatic carbocycles. The number of nitrogens with zero attached hydrogens (tertiary/aromatic N) is 2. The third kappa shape index (κ3) is 2.81. The van der Waals surface area contributed by atoms with Gasteiger partial charge in [0.15, 0.2) is 5.82 Å². The zero-order valence-electron chi connectivity index (χ0n) is 12.9. The second kappa shape index (κ2) is 6.46. The van der Waals surface area contributed by atoms with E-state index < -0.39 is 0 Å². The van der Waals surface area contributed by atoms with E-state index in [9.17, 15) is 0 Å². The van der Waals surface area contributed by atoms with Crippen molar-refractivity contribution in [3.8, 4) is 11.4 Å². The van der Waals surface area contributed by atoms with E-state index in [0.29, 0.717) is 0 Å². The van der Waals surface area contributed by atoms with Crippen LogP contribution in [0.2, 0.25) is 0 Å². The number of thiophene rings is 1. The van der Waals surface area contributed by atoms with E-state index >= 15 is 0 Å². The van der Waals surface area contributed by atoms with Crippen molar-refractivity contribution in [2.75, 3.05) is 5.75 Å². The van der Waals surface area contributed by atoms with E-state index in [1.807, 2.05) is 35.6 Å². The van der Waals surface area contributed by atoms with E-state index in [1.54, 1.807) is 11.8 Å². The molecule has 0 saturated heterocycles. The summed E-state index contributed by atoms with van der Waals surface area (Å²) in [7, 11) is 0. The fourth-order valence-corrected chi connectivity index (χ4v) is 5.20. The Morgan fingerprint density at radius 2 is 1.96 bits per heavy atom. The van der Waals surface area contributed by atoms with E-state index in [-0.39, 0.29) is 0 Å². The summed E-state index contributed by atoms with van der Waals surface area (Å²) in [5, 5.41) is 2.42. The molecule has 1 aliphatic rings. The lowest BCUT2D eigenvalue weighted by atomic mass is 9.97. The van der Waals surface area contributed by atoms with Gasteiger partial charge in [-0.25, -0.2) is 9.97 Å². The van der Waals surface area contributed by atoms with Crippen LogP contribution >= 0.6 is 23.1 Å². The first-order valence-electron chi connectivity index (χ1n) is 7.98. The van der Waals surface area contributed by atoms with E-state index in [4.69, 9.17) is 9.97 Å². The average molecular weight is 339 g/mol. The number of hydrogen-bond donors (Lipinski definition) is 0. The Kier molecular flexibility index (Phi) is 4.19. The van der Waals surface area contributed by atoms with Gasteiger partial charge in [-0.05, 0) is 31.2 Å². The van der Waals surface area contributed by atoms with Gasteiger partial charge in [-0.15, -0.1) is 29.7 Å². The van der Waals surface area contributed by atoms with Crippen LogP contribution in [0.5, 0.6) is 0 Å². The molecule has 0 spiro atoms. The summed E-state index contributed by atoms with van der Waals surface area (Å²) < 4.78 is 0. The third-order valence-electron chi connectivity index (χ3n) is 4.15. The smallest absolute Gasteiger partial charge is 0.162 e. The summed E-state index contributed by atoms with van der Waals surface area (Å²) in [5.41, 5.74) is 2.59. The quantitative estimate of drug-likeness (QED) is 0.356. The first-order chi connectivity index (χ1) is 11.4. The standard InChI is InChI=1S/C19H18N2S2/c1-2-12-22-18-16-14-10-6-7-11-15(14)23-19(16)21-17(20-18)13-8-4-3-5-9-13/h2-5,8-9H,1,6-7,10-12H2. The summed E-state index contributed by atoms with van der Waals surface area (Å²) in [6, 6.07) is 10.3. The number of thioether (sulfide) groups is 1. The minimum Gasteiger partial charge on any atom is -0.221 e. The number of aromatic nitrogens is 2. The number of fused-ring (bicyclic) bond motifs is 3. The molecule has 1 aliphatic carbocycles. The maximum Gasteiger partial charge on any atom is 0.162 e. The molecular formula is C19H18N2S2. The molecule has 0 unspecified atom stereocenters. The van der Waals surface area contributed by atoms with Crippen LogP contribution in [0, 0.1) is 0 Å². The fourth-order valence-electron chi connectivity index (χ4n) is 3.08. The molecule has 0 aliphatic heterocycles. The largest absolute Gasteiger partial charge is 0.221 e. The minimum absolute atomic E-state index is 0.836. The molecular weight excluding hydrogens is 320 g/mol. The van der Waals surface area contributed by atoms with E-state index in [0.717, 1.165) is 27.0 Å². The predicted octanol–water partition coefficient (Wildman–Crippen LogP) is 5.52. The minimum atomic E-state index is 0.836. The molecule has 0 radical (unpaired) electrons. The van der Waals surface area contributed by atoms with Crippen molar-refractivity contribution in [2.24, 2.45) is 0 Å². The van der Waals surface area contributed by atoms with Gasteiger partial charge in [-0.1, -0.05) is 36.4 Å². The monoisotopic (exact) mass is 338 g/mol. The van der Waals surface area contributed by atoms with Crippen molar-refractivity contribution in [3.63, 3.8) is 0 Å². The fraction of sp³-hybridized carbons (Fsp3) is 0.263. The molecule has 0 saturated carbocycles. The van der Waals surface area contributed by atoms with Gasteiger partial charge in [0, 0.05) is 21.6 Å². The van der Waals surface area contributed by atoms with Crippen molar-refractivity contribution < 1.29 is 0 Å². The summed E-state index contributed by atoms with van der Waals surface area (Å²) >= 11 is 3.64. The topological polar surface area (TPSA) is 25.8 Å². The van der Waals surface area contributed by atoms with Crippen LogP contribution < -0.4 is 0 Å². The van der Waals surface area contributed by atoms with Crippen LogP contribution in [0.25, 0.3) is 21.6 Å². The van der Waals surface area contributed by atoms with Crippen molar-refractivity contribution in [1.82, 2.24) is 9.97 Å². The molecule has 23 heavy (non-hydrogen) atoms. The van der Waals surface area contributed by atoms with Gasteiger partial charge in [0.1, 0.15) is 9.86 Å². The summed E-state index contributed by atoms with van der Waals surface area (Å²) in [6.07, 6.45) is 6.89. The number of hydrogen-bond acceptors (Lipinski definition) is 4. The Bertz CT molecular complexity index is 853. The predicted molar refractivity (Wildman–Crippen MR) is 100 cm³/mol. The Labute approximate surface area is 144 Å². The second-order valence-electron chi connectivity index (χ2n) is 5.71. The summed E-state index contributed by atoms with van der Waals surface area (Å²) in [4.78, 5) is 12.5. The van der Waals surface area contributed by atoms with Gasteiger partial charge < -0.3 is 0 Å². The van der Waals surface area contributed by atoms with Gasteiger partial charge in [0.25, 0.3) is 0 Å². The molecule has 4 heteroatoms. The SMILES string of the molecule is C=CCSc1nc(-c2ccccc2)nc2sc3c(c12)CCCC3. The lowest BCUT2D eigenvalue weighted by Crippen LogP contribution is -1.99. The average Bonchev–Trinajstić information content (AvgIpc) is 2.99. The second-order valence-corrected chi connectivity index (χ2v) is 7.80. The van der Waals surface area contributed by atoms with E-state index in [2.05, 4.69) is 18.7 Å². The van der Waals surface area contributed by atoms with Crippen LogP contribution in [0.4, 0.5) is 0 Å². The normalized spacial score (nSPS) is 13.9. The first-order valence-corrected chi connectivity index (χ1v) is 9.78. The van der Waals surface area contributed by atoms with Gasteiger partial charge in [0.2, 0.25) is 0 Å². The van der Waals surface area contributed by atoms with Crippen LogP contribution in [0.15, 0.2) is 48.0 Å².